The molecule has 2 saturated heterocycles. The molecular weight excluding hydrogens is 204 g/mol. The van der Waals surface area contributed by atoms with Crippen LogP contribution in [0.2, 0.25) is 0 Å². The fraction of sp³-hybridized carbons (Fsp3) is 0.917. The van der Waals surface area contributed by atoms with Crippen LogP contribution in [0, 0.1) is 0 Å². The maximum Gasteiger partial charge on any atom is 0.407 e. The first-order chi connectivity index (χ1) is 7.66. The first-order valence-corrected chi connectivity index (χ1v) is 6.38. The Morgan fingerprint density at radius 2 is 2.12 bits per heavy atom. The number of amides is 1. The van der Waals surface area contributed by atoms with Gasteiger partial charge in [-0.3, -0.25) is 4.90 Å². The van der Waals surface area contributed by atoms with E-state index in [1.54, 1.807) is 0 Å². The fourth-order valence-electron chi connectivity index (χ4n) is 2.82. The van der Waals surface area contributed by atoms with Gasteiger partial charge in [-0.25, -0.2) is 4.79 Å². The number of hydrogen-bond acceptors (Lipinski definition) is 3. The second-order valence-corrected chi connectivity index (χ2v) is 5.09. The lowest BCUT2D eigenvalue weighted by molar-refractivity contribution is 0.107. The topological polar surface area (TPSA) is 41.6 Å². The van der Waals surface area contributed by atoms with Gasteiger partial charge in [0.1, 0.15) is 0 Å². The molecule has 1 N–H and O–H groups in total. The van der Waals surface area contributed by atoms with Gasteiger partial charge in [0, 0.05) is 18.6 Å². The number of nitrogens with zero attached hydrogens (tertiary/aromatic N) is 1. The molecule has 0 aliphatic carbocycles. The summed E-state index contributed by atoms with van der Waals surface area (Å²) in [5.41, 5.74) is 0. The van der Waals surface area contributed by atoms with E-state index in [9.17, 15) is 4.79 Å². The number of fused-ring (bicyclic) bond motifs is 1. The van der Waals surface area contributed by atoms with Crippen molar-refractivity contribution in [2.75, 3.05) is 13.1 Å². The molecule has 0 aromatic heterocycles. The van der Waals surface area contributed by atoms with Gasteiger partial charge in [-0.15, -0.1) is 0 Å². The number of nitrogens with one attached hydrogen (secondary N) is 1. The van der Waals surface area contributed by atoms with E-state index in [2.05, 4.69) is 10.2 Å². The number of rotatable bonds is 2. The number of ether oxygens (including phenoxy) is 1. The monoisotopic (exact) mass is 226 g/mol. The van der Waals surface area contributed by atoms with Gasteiger partial charge in [0.2, 0.25) is 0 Å². The van der Waals surface area contributed by atoms with Crippen molar-refractivity contribution in [3.63, 3.8) is 0 Å². The molecule has 0 aromatic rings. The molecule has 2 fully saturated rings. The van der Waals surface area contributed by atoms with Crippen molar-refractivity contribution in [1.82, 2.24) is 10.2 Å². The SMILES string of the molecule is CC(C)OC(=O)NC1CCN2CCCCC12. The molecule has 2 aliphatic rings. The zero-order valence-electron chi connectivity index (χ0n) is 10.2. The summed E-state index contributed by atoms with van der Waals surface area (Å²) in [6, 6.07) is 0.847. The first kappa shape index (κ1) is 11.7. The molecule has 16 heavy (non-hydrogen) atoms. The van der Waals surface area contributed by atoms with E-state index in [0.29, 0.717) is 12.1 Å². The third kappa shape index (κ3) is 2.67. The predicted molar refractivity (Wildman–Crippen MR) is 62.4 cm³/mol. The van der Waals surface area contributed by atoms with Crippen LogP contribution < -0.4 is 5.32 Å². The lowest BCUT2D eigenvalue weighted by Crippen LogP contribution is -2.47. The standard InChI is InChI=1S/C12H22N2O2/c1-9(2)16-12(15)13-10-6-8-14-7-4-3-5-11(10)14/h9-11H,3-8H2,1-2H3,(H,13,15). The minimum atomic E-state index is -0.257. The summed E-state index contributed by atoms with van der Waals surface area (Å²) in [5, 5.41) is 3.01. The Balaban J connectivity index is 1.83. The molecule has 2 unspecified atom stereocenters. The number of alkyl carbamates (subject to hydrolysis) is 1. The third-order valence-electron chi connectivity index (χ3n) is 3.50. The van der Waals surface area contributed by atoms with Crippen LogP contribution in [0.15, 0.2) is 0 Å². The minimum absolute atomic E-state index is 0.0381. The second-order valence-electron chi connectivity index (χ2n) is 5.09. The van der Waals surface area contributed by atoms with Crippen molar-refractivity contribution in [2.24, 2.45) is 0 Å². The largest absolute Gasteiger partial charge is 0.447 e. The van der Waals surface area contributed by atoms with E-state index in [-0.39, 0.29) is 12.2 Å². The van der Waals surface area contributed by atoms with Crippen LogP contribution >= 0.6 is 0 Å². The quantitative estimate of drug-likeness (QED) is 0.780. The number of carbonyl (C=O) groups excluding carboxylic acids is 1. The lowest BCUT2D eigenvalue weighted by Gasteiger charge is -2.32. The van der Waals surface area contributed by atoms with Crippen molar-refractivity contribution >= 4 is 6.09 Å². The van der Waals surface area contributed by atoms with Crippen LogP contribution in [0.5, 0.6) is 0 Å². The molecule has 0 saturated carbocycles. The molecule has 4 heteroatoms. The number of piperidine rings is 1. The molecule has 0 radical (unpaired) electrons. The number of hydrogen-bond donors (Lipinski definition) is 1. The maximum atomic E-state index is 11.5. The minimum Gasteiger partial charge on any atom is -0.447 e. The molecular formula is C12H22N2O2. The van der Waals surface area contributed by atoms with E-state index >= 15 is 0 Å². The van der Waals surface area contributed by atoms with E-state index in [0.717, 1.165) is 13.0 Å². The molecule has 2 rings (SSSR count). The Morgan fingerprint density at radius 3 is 2.88 bits per heavy atom. The van der Waals surface area contributed by atoms with Gasteiger partial charge in [0.05, 0.1) is 6.10 Å². The van der Waals surface area contributed by atoms with Gasteiger partial charge in [0.25, 0.3) is 0 Å². The lowest BCUT2D eigenvalue weighted by atomic mass is 9.99. The van der Waals surface area contributed by atoms with Crippen molar-refractivity contribution in [3.05, 3.63) is 0 Å². The van der Waals surface area contributed by atoms with Gasteiger partial charge in [-0.1, -0.05) is 6.42 Å². The van der Waals surface area contributed by atoms with E-state index < -0.39 is 0 Å². The molecule has 2 aliphatic heterocycles. The highest BCUT2D eigenvalue weighted by Gasteiger charge is 2.36. The Kier molecular flexibility index (Phi) is 3.69. The zero-order valence-corrected chi connectivity index (χ0v) is 10.2. The Morgan fingerprint density at radius 1 is 1.31 bits per heavy atom. The van der Waals surface area contributed by atoms with E-state index in [1.165, 1.54) is 25.8 Å². The summed E-state index contributed by atoms with van der Waals surface area (Å²) >= 11 is 0. The van der Waals surface area contributed by atoms with Crippen LogP contribution in [0.1, 0.15) is 39.5 Å². The summed E-state index contributed by atoms with van der Waals surface area (Å²) in [4.78, 5) is 14.0. The summed E-state index contributed by atoms with van der Waals surface area (Å²) in [6.07, 6.45) is 4.58. The highest BCUT2D eigenvalue weighted by molar-refractivity contribution is 5.67. The van der Waals surface area contributed by atoms with Crippen LogP contribution in [-0.2, 0) is 4.74 Å². The molecule has 0 bridgehead atoms. The Labute approximate surface area is 97.3 Å². The van der Waals surface area contributed by atoms with Gasteiger partial charge in [-0.2, -0.15) is 0 Å². The van der Waals surface area contributed by atoms with Crippen molar-refractivity contribution in [2.45, 2.75) is 57.7 Å². The molecule has 92 valence electrons. The van der Waals surface area contributed by atoms with Crippen LogP contribution in [-0.4, -0.2) is 42.3 Å². The van der Waals surface area contributed by atoms with Gasteiger partial charge in [0.15, 0.2) is 0 Å². The molecule has 1 amide bonds. The fourth-order valence-corrected chi connectivity index (χ4v) is 2.82. The Hall–Kier alpha value is -0.770. The summed E-state index contributed by atoms with van der Waals surface area (Å²) < 4.78 is 5.12. The van der Waals surface area contributed by atoms with E-state index in [1.807, 2.05) is 13.8 Å². The smallest absolute Gasteiger partial charge is 0.407 e. The maximum absolute atomic E-state index is 11.5. The summed E-state index contributed by atoms with van der Waals surface area (Å²) in [6.45, 7) is 6.07. The van der Waals surface area contributed by atoms with Crippen molar-refractivity contribution in [3.8, 4) is 0 Å². The molecule has 2 atom stereocenters. The van der Waals surface area contributed by atoms with Crippen molar-refractivity contribution < 1.29 is 9.53 Å². The van der Waals surface area contributed by atoms with Crippen LogP contribution in [0.4, 0.5) is 4.79 Å². The molecule has 4 nitrogen and oxygen atoms in total. The summed E-state index contributed by atoms with van der Waals surface area (Å²) in [7, 11) is 0. The molecule has 2 heterocycles. The highest BCUT2D eigenvalue weighted by Crippen LogP contribution is 2.27. The number of carbonyl (C=O) groups is 1. The normalized spacial score (nSPS) is 30.2. The summed E-state index contributed by atoms with van der Waals surface area (Å²) in [5.74, 6) is 0. The second kappa shape index (κ2) is 5.04. The predicted octanol–water partition coefficient (Wildman–Crippen LogP) is 1.75. The van der Waals surface area contributed by atoms with Gasteiger partial charge in [-0.05, 0) is 39.7 Å². The Bertz CT molecular complexity index is 255. The van der Waals surface area contributed by atoms with Crippen LogP contribution in [0.25, 0.3) is 0 Å². The van der Waals surface area contributed by atoms with Crippen LogP contribution in [0.3, 0.4) is 0 Å². The third-order valence-corrected chi connectivity index (χ3v) is 3.50. The average Bonchev–Trinajstić information content (AvgIpc) is 2.61. The van der Waals surface area contributed by atoms with E-state index in [4.69, 9.17) is 4.74 Å². The van der Waals surface area contributed by atoms with Gasteiger partial charge < -0.3 is 10.1 Å². The van der Waals surface area contributed by atoms with Crippen molar-refractivity contribution in [1.29, 1.82) is 0 Å². The average molecular weight is 226 g/mol. The molecule has 0 aromatic carbocycles. The van der Waals surface area contributed by atoms with Gasteiger partial charge >= 0.3 is 6.09 Å². The highest BCUT2D eigenvalue weighted by atomic mass is 16.6. The first-order valence-electron chi connectivity index (χ1n) is 6.38. The zero-order chi connectivity index (χ0) is 11.5. The molecule has 0 spiro atoms.